The van der Waals surface area contributed by atoms with Gasteiger partial charge in [0.05, 0.1) is 5.69 Å². The van der Waals surface area contributed by atoms with E-state index in [0.717, 1.165) is 0 Å². The van der Waals surface area contributed by atoms with E-state index in [9.17, 15) is 9.59 Å². The minimum absolute atomic E-state index is 0.0361. The third-order valence-electron chi connectivity index (χ3n) is 2.58. The standard InChI is InChI=1S/C14H24N4O3/c1-9(2)7-15-11(19)8-18-10(3)12(16-17-18)13(20)21-14(4,5)6/h9H,7-8H2,1-6H3,(H,15,19). The lowest BCUT2D eigenvalue weighted by Crippen LogP contribution is -2.31. The summed E-state index contributed by atoms with van der Waals surface area (Å²) < 4.78 is 6.64. The molecule has 0 spiro atoms. The maximum atomic E-state index is 12.0. The monoisotopic (exact) mass is 296 g/mol. The second-order valence-corrected chi connectivity index (χ2v) is 6.38. The molecule has 1 aromatic heterocycles. The van der Waals surface area contributed by atoms with Crippen LogP contribution in [0, 0.1) is 12.8 Å². The molecule has 0 saturated carbocycles. The fraction of sp³-hybridized carbons (Fsp3) is 0.714. The first kappa shape index (κ1) is 17.1. The van der Waals surface area contributed by atoms with E-state index < -0.39 is 11.6 Å². The minimum atomic E-state index is -0.595. The van der Waals surface area contributed by atoms with Crippen molar-refractivity contribution in [3.63, 3.8) is 0 Å². The molecule has 0 aliphatic carbocycles. The predicted molar refractivity (Wildman–Crippen MR) is 77.8 cm³/mol. The molecule has 0 aliphatic rings. The van der Waals surface area contributed by atoms with Gasteiger partial charge >= 0.3 is 5.97 Å². The molecule has 21 heavy (non-hydrogen) atoms. The second-order valence-electron chi connectivity index (χ2n) is 6.38. The average molecular weight is 296 g/mol. The van der Waals surface area contributed by atoms with Gasteiger partial charge in [-0.3, -0.25) is 4.79 Å². The Morgan fingerprint density at radius 2 is 1.95 bits per heavy atom. The summed E-state index contributed by atoms with van der Waals surface area (Å²) in [4.78, 5) is 23.7. The van der Waals surface area contributed by atoms with Crippen molar-refractivity contribution in [2.75, 3.05) is 6.54 Å². The van der Waals surface area contributed by atoms with Gasteiger partial charge in [0, 0.05) is 6.54 Å². The van der Waals surface area contributed by atoms with E-state index in [1.165, 1.54) is 4.68 Å². The minimum Gasteiger partial charge on any atom is -0.455 e. The number of nitrogens with zero attached hydrogens (tertiary/aromatic N) is 3. The van der Waals surface area contributed by atoms with Gasteiger partial charge in [-0.1, -0.05) is 19.1 Å². The maximum absolute atomic E-state index is 12.0. The van der Waals surface area contributed by atoms with Crippen LogP contribution in [0.1, 0.15) is 50.8 Å². The Kier molecular flexibility index (Phi) is 5.46. The van der Waals surface area contributed by atoms with Gasteiger partial charge in [0.15, 0.2) is 5.69 Å². The van der Waals surface area contributed by atoms with Crippen molar-refractivity contribution in [3.05, 3.63) is 11.4 Å². The van der Waals surface area contributed by atoms with Gasteiger partial charge < -0.3 is 10.1 Å². The van der Waals surface area contributed by atoms with Crippen LogP contribution < -0.4 is 5.32 Å². The van der Waals surface area contributed by atoms with E-state index in [-0.39, 0.29) is 18.1 Å². The number of esters is 1. The van der Waals surface area contributed by atoms with Gasteiger partial charge in [-0.05, 0) is 33.6 Å². The molecule has 0 fully saturated rings. The van der Waals surface area contributed by atoms with Crippen molar-refractivity contribution in [1.29, 1.82) is 0 Å². The Bertz CT molecular complexity index is 515. The number of rotatable bonds is 5. The van der Waals surface area contributed by atoms with Crippen molar-refractivity contribution in [2.45, 2.75) is 53.7 Å². The molecule has 118 valence electrons. The van der Waals surface area contributed by atoms with Crippen molar-refractivity contribution in [2.24, 2.45) is 5.92 Å². The highest BCUT2D eigenvalue weighted by molar-refractivity contribution is 5.88. The first-order chi connectivity index (χ1) is 9.60. The van der Waals surface area contributed by atoms with E-state index in [2.05, 4.69) is 15.6 Å². The summed E-state index contributed by atoms with van der Waals surface area (Å²) in [6.07, 6.45) is 0. The highest BCUT2D eigenvalue weighted by atomic mass is 16.6. The molecular formula is C14H24N4O3. The highest BCUT2D eigenvalue weighted by Gasteiger charge is 2.23. The third kappa shape index (κ3) is 5.53. The van der Waals surface area contributed by atoms with Gasteiger partial charge in [-0.25, -0.2) is 9.48 Å². The van der Waals surface area contributed by atoms with E-state index in [1.807, 2.05) is 13.8 Å². The first-order valence-corrected chi connectivity index (χ1v) is 7.00. The lowest BCUT2D eigenvalue weighted by atomic mass is 10.2. The second kappa shape index (κ2) is 6.69. The Labute approximate surface area is 125 Å². The lowest BCUT2D eigenvalue weighted by Gasteiger charge is -2.18. The van der Waals surface area contributed by atoms with Crippen LogP contribution in [0.15, 0.2) is 0 Å². The van der Waals surface area contributed by atoms with Crippen molar-refractivity contribution in [3.8, 4) is 0 Å². The lowest BCUT2D eigenvalue weighted by molar-refractivity contribution is -0.122. The number of amides is 1. The molecule has 1 N–H and O–H groups in total. The molecule has 0 aliphatic heterocycles. The molecule has 0 radical (unpaired) electrons. The summed E-state index contributed by atoms with van der Waals surface area (Å²) in [5.41, 5.74) is 0.0626. The Hall–Kier alpha value is -1.92. The topological polar surface area (TPSA) is 86.1 Å². The van der Waals surface area contributed by atoms with Crippen molar-refractivity contribution < 1.29 is 14.3 Å². The molecule has 0 unspecified atom stereocenters. The third-order valence-corrected chi connectivity index (χ3v) is 2.58. The predicted octanol–water partition coefficient (Wildman–Crippen LogP) is 1.31. The zero-order chi connectivity index (χ0) is 16.2. The highest BCUT2D eigenvalue weighted by Crippen LogP contribution is 2.13. The SMILES string of the molecule is Cc1c(C(=O)OC(C)(C)C)nnn1CC(=O)NCC(C)C. The zero-order valence-electron chi connectivity index (χ0n) is 13.6. The van der Waals surface area contributed by atoms with Crippen LogP contribution in [0.4, 0.5) is 0 Å². The molecule has 1 aromatic rings. The summed E-state index contributed by atoms with van der Waals surface area (Å²) in [6, 6.07) is 0. The van der Waals surface area contributed by atoms with Crippen LogP contribution in [-0.2, 0) is 16.1 Å². The van der Waals surface area contributed by atoms with Crippen LogP contribution in [0.5, 0.6) is 0 Å². The summed E-state index contributed by atoms with van der Waals surface area (Å²) >= 11 is 0. The molecule has 7 heteroatoms. The fourth-order valence-corrected chi connectivity index (χ4v) is 1.54. The molecule has 1 rings (SSSR count). The van der Waals surface area contributed by atoms with Gasteiger partial charge in [-0.15, -0.1) is 5.10 Å². The normalized spacial score (nSPS) is 11.6. The van der Waals surface area contributed by atoms with Gasteiger partial charge in [0.2, 0.25) is 5.91 Å². The summed E-state index contributed by atoms with van der Waals surface area (Å²) in [5, 5.41) is 10.4. The molecular weight excluding hydrogens is 272 g/mol. The number of ether oxygens (including phenoxy) is 1. The number of aromatic nitrogens is 3. The molecule has 0 atom stereocenters. The number of hydrogen-bond acceptors (Lipinski definition) is 5. The van der Waals surface area contributed by atoms with E-state index >= 15 is 0 Å². The Morgan fingerprint density at radius 3 is 2.48 bits per heavy atom. The van der Waals surface area contributed by atoms with Crippen molar-refractivity contribution in [1.82, 2.24) is 20.3 Å². The number of hydrogen-bond donors (Lipinski definition) is 1. The quantitative estimate of drug-likeness (QED) is 0.828. The van der Waals surface area contributed by atoms with E-state index in [1.54, 1.807) is 27.7 Å². The Morgan fingerprint density at radius 1 is 1.33 bits per heavy atom. The van der Waals surface area contributed by atoms with Gasteiger partial charge in [0.1, 0.15) is 12.1 Å². The first-order valence-electron chi connectivity index (χ1n) is 7.00. The summed E-state index contributed by atoms with van der Waals surface area (Å²) in [5.74, 6) is -0.315. The van der Waals surface area contributed by atoms with Crippen LogP contribution in [0.3, 0.4) is 0 Å². The molecule has 7 nitrogen and oxygen atoms in total. The van der Waals surface area contributed by atoms with E-state index in [4.69, 9.17) is 4.74 Å². The smallest absolute Gasteiger partial charge is 0.361 e. The summed E-state index contributed by atoms with van der Waals surface area (Å²) in [7, 11) is 0. The maximum Gasteiger partial charge on any atom is 0.361 e. The van der Waals surface area contributed by atoms with Gasteiger partial charge in [0.25, 0.3) is 0 Å². The van der Waals surface area contributed by atoms with E-state index in [0.29, 0.717) is 18.2 Å². The molecule has 1 amide bonds. The van der Waals surface area contributed by atoms with Crippen molar-refractivity contribution >= 4 is 11.9 Å². The zero-order valence-corrected chi connectivity index (χ0v) is 13.6. The van der Waals surface area contributed by atoms with Crippen LogP contribution in [-0.4, -0.2) is 39.0 Å². The number of carbonyl (C=O) groups is 2. The molecule has 0 saturated heterocycles. The van der Waals surface area contributed by atoms with Crippen LogP contribution in [0.25, 0.3) is 0 Å². The van der Waals surface area contributed by atoms with Crippen LogP contribution in [0.2, 0.25) is 0 Å². The largest absolute Gasteiger partial charge is 0.455 e. The van der Waals surface area contributed by atoms with Crippen LogP contribution >= 0.6 is 0 Å². The summed E-state index contributed by atoms with van der Waals surface area (Å²) in [6.45, 7) is 11.7. The average Bonchev–Trinajstić information content (AvgIpc) is 2.66. The molecule has 0 aromatic carbocycles. The number of carbonyl (C=O) groups excluding carboxylic acids is 2. The molecule has 1 heterocycles. The Balaban J connectivity index is 2.71. The number of nitrogens with one attached hydrogen (secondary N) is 1. The molecule has 0 bridgehead atoms. The fourth-order valence-electron chi connectivity index (χ4n) is 1.54. The van der Waals surface area contributed by atoms with Gasteiger partial charge in [-0.2, -0.15) is 0 Å².